The van der Waals surface area contributed by atoms with Crippen LogP contribution in [0.4, 0.5) is 5.69 Å². The van der Waals surface area contributed by atoms with Crippen LogP contribution in [-0.4, -0.2) is 50.0 Å². The molecule has 0 unspecified atom stereocenters. The summed E-state index contributed by atoms with van der Waals surface area (Å²) in [6.45, 7) is 8.13. The molecule has 0 spiro atoms. The first kappa shape index (κ1) is 33.1. The molecule has 0 aliphatic heterocycles. The molecule has 3 aromatic rings. The molecule has 3 rings (SSSR count). The third kappa shape index (κ3) is 9.60. The predicted molar refractivity (Wildman–Crippen MR) is 171 cm³/mol. The lowest BCUT2D eigenvalue weighted by atomic mass is 10.0. The Hall–Kier alpha value is -3.36. The van der Waals surface area contributed by atoms with E-state index in [0.717, 1.165) is 34.9 Å². The van der Waals surface area contributed by atoms with Crippen molar-refractivity contribution < 1.29 is 18.0 Å². The topological polar surface area (TPSA) is 86.8 Å². The van der Waals surface area contributed by atoms with Gasteiger partial charge >= 0.3 is 0 Å². The molecule has 0 saturated heterocycles. The number of carbonyl (C=O) groups is 2. The summed E-state index contributed by atoms with van der Waals surface area (Å²) in [6, 6.07) is 21.9. The lowest BCUT2D eigenvalue weighted by molar-refractivity contribution is -0.141. The Bertz CT molecular complexity index is 1450. The van der Waals surface area contributed by atoms with Crippen molar-refractivity contribution in [2.75, 3.05) is 17.1 Å². The number of amides is 2. The zero-order valence-electron chi connectivity index (χ0n) is 25.1. The van der Waals surface area contributed by atoms with E-state index in [2.05, 4.69) is 5.32 Å². The van der Waals surface area contributed by atoms with Crippen LogP contribution < -0.4 is 9.62 Å². The number of aryl methyl sites for hydroxylation is 2. The van der Waals surface area contributed by atoms with Crippen LogP contribution in [0.2, 0.25) is 5.02 Å². The highest BCUT2D eigenvalue weighted by atomic mass is 35.5. The van der Waals surface area contributed by atoms with Crippen LogP contribution in [0.3, 0.4) is 0 Å². The molecule has 0 bridgehead atoms. The summed E-state index contributed by atoms with van der Waals surface area (Å²) in [6.07, 6.45) is 2.61. The minimum absolute atomic E-state index is 0.0450. The van der Waals surface area contributed by atoms with E-state index in [4.69, 9.17) is 11.6 Å². The standard InChI is InChI=1S/C33H42ClN3O4S/c1-6-26(4)35-33(39)31(21-27-11-8-7-9-12-27)36(23-28-17-14-24(2)15-18-28)32(38)13-10-20-37(42(5,40)41)30-22-29(34)19-16-25(30)3/h7-9,11-12,14-19,22,26,31H,6,10,13,20-21,23H2,1-5H3,(H,35,39)/t26-,31-/m0/s1. The van der Waals surface area contributed by atoms with Gasteiger partial charge in [-0.15, -0.1) is 0 Å². The number of hydrogen-bond donors (Lipinski definition) is 1. The van der Waals surface area contributed by atoms with Crippen LogP contribution in [0.15, 0.2) is 72.8 Å². The van der Waals surface area contributed by atoms with Gasteiger partial charge in [-0.1, -0.05) is 84.8 Å². The summed E-state index contributed by atoms with van der Waals surface area (Å²) < 4.78 is 26.8. The van der Waals surface area contributed by atoms with Crippen molar-refractivity contribution in [1.82, 2.24) is 10.2 Å². The minimum atomic E-state index is -3.63. The number of hydrogen-bond acceptors (Lipinski definition) is 4. The molecule has 0 aromatic heterocycles. The number of carbonyl (C=O) groups excluding carboxylic acids is 2. The van der Waals surface area contributed by atoms with E-state index >= 15 is 0 Å². The van der Waals surface area contributed by atoms with Gasteiger partial charge < -0.3 is 10.2 Å². The zero-order chi connectivity index (χ0) is 30.9. The molecule has 0 heterocycles. The van der Waals surface area contributed by atoms with Gasteiger partial charge in [0.15, 0.2) is 0 Å². The van der Waals surface area contributed by atoms with Crippen molar-refractivity contribution in [3.05, 3.63) is 100 Å². The molecule has 42 heavy (non-hydrogen) atoms. The van der Waals surface area contributed by atoms with Crippen molar-refractivity contribution >= 4 is 39.1 Å². The average Bonchev–Trinajstić information content (AvgIpc) is 2.95. The predicted octanol–water partition coefficient (Wildman–Crippen LogP) is 6.06. The Morgan fingerprint density at radius 3 is 2.24 bits per heavy atom. The third-order valence-electron chi connectivity index (χ3n) is 7.34. The molecule has 0 aliphatic rings. The molecule has 2 amide bonds. The van der Waals surface area contributed by atoms with Gasteiger partial charge in [-0.2, -0.15) is 0 Å². The molecule has 0 saturated carbocycles. The average molecular weight is 612 g/mol. The van der Waals surface area contributed by atoms with E-state index < -0.39 is 16.1 Å². The van der Waals surface area contributed by atoms with Gasteiger partial charge in [-0.25, -0.2) is 8.42 Å². The van der Waals surface area contributed by atoms with E-state index in [1.807, 2.05) is 82.3 Å². The second-order valence-electron chi connectivity index (χ2n) is 10.9. The van der Waals surface area contributed by atoms with E-state index in [1.54, 1.807) is 23.1 Å². The van der Waals surface area contributed by atoms with Crippen LogP contribution >= 0.6 is 11.6 Å². The quantitative estimate of drug-likeness (QED) is 0.240. The van der Waals surface area contributed by atoms with Crippen molar-refractivity contribution in [3.63, 3.8) is 0 Å². The van der Waals surface area contributed by atoms with Gasteiger partial charge in [0, 0.05) is 37.0 Å². The maximum atomic E-state index is 14.0. The normalized spacial score (nSPS) is 12.8. The Morgan fingerprint density at radius 2 is 1.62 bits per heavy atom. The molecule has 1 N–H and O–H groups in total. The summed E-state index contributed by atoms with van der Waals surface area (Å²) >= 11 is 6.18. The SMILES string of the molecule is CC[C@H](C)NC(=O)[C@H](Cc1ccccc1)N(Cc1ccc(C)cc1)C(=O)CCCN(c1cc(Cl)ccc1C)S(C)(=O)=O. The van der Waals surface area contributed by atoms with Gasteiger partial charge in [-0.05, 0) is 62.4 Å². The highest BCUT2D eigenvalue weighted by Gasteiger charge is 2.31. The van der Waals surface area contributed by atoms with Crippen molar-refractivity contribution in [2.45, 2.75) is 72.0 Å². The number of nitrogens with zero attached hydrogens (tertiary/aromatic N) is 2. The Morgan fingerprint density at radius 1 is 0.952 bits per heavy atom. The number of sulfonamides is 1. The van der Waals surface area contributed by atoms with Crippen LogP contribution in [0.5, 0.6) is 0 Å². The fourth-order valence-electron chi connectivity index (χ4n) is 4.72. The smallest absolute Gasteiger partial charge is 0.243 e. The van der Waals surface area contributed by atoms with E-state index in [1.165, 1.54) is 4.31 Å². The Balaban J connectivity index is 1.90. The van der Waals surface area contributed by atoms with E-state index in [9.17, 15) is 18.0 Å². The molecule has 9 heteroatoms. The first-order chi connectivity index (χ1) is 19.9. The molecule has 226 valence electrons. The molecular formula is C33H42ClN3O4S. The zero-order valence-corrected chi connectivity index (χ0v) is 26.7. The summed E-state index contributed by atoms with van der Waals surface area (Å²) in [5.41, 5.74) is 4.22. The highest BCUT2D eigenvalue weighted by Crippen LogP contribution is 2.27. The largest absolute Gasteiger partial charge is 0.352 e. The van der Waals surface area contributed by atoms with Gasteiger partial charge in [0.05, 0.1) is 11.9 Å². The maximum Gasteiger partial charge on any atom is 0.243 e. The fraction of sp³-hybridized carbons (Fsp3) is 0.394. The maximum absolute atomic E-state index is 14.0. The van der Waals surface area contributed by atoms with Gasteiger partial charge in [0.2, 0.25) is 21.8 Å². The monoisotopic (exact) mass is 611 g/mol. The molecule has 0 fully saturated rings. The first-order valence-corrected chi connectivity index (χ1v) is 16.5. The molecule has 7 nitrogen and oxygen atoms in total. The van der Waals surface area contributed by atoms with Crippen LogP contribution in [0.1, 0.15) is 55.4 Å². The van der Waals surface area contributed by atoms with Gasteiger partial charge in [0.25, 0.3) is 0 Å². The fourth-order valence-corrected chi connectivity index (χ4v) is 5.90. The second kappa shape index (κ2) is 15.2. The lowest BCUT2D eigenvalue weighted by Crippen LogP contribution is -2.52. The first-order valence-electron chi connectivity index (χ1n) is 14.3. The molecular weight excluding hydrogens is 570 g/mol. The summed E-state index contributed by atoms with van der Waals surface area (Å²) in [5, 5.41) is 3.51. The van der Waals surface area contributed by atoms with E-state index in [0.29, 0.717) is 17.1 Å². The number of halogens is 1. The Kier molecular flexibility index (Phi) is 12.0. The molecule has 0 aliphatic carbocycles. The number of anilines is 1. The van der Waals surface area contributed by atoms with Gasteiger partial charge in [-0.3, -0.25) is 13.9 Å². The second-order valence-corrected chi connectivity index (χ2v) is 13.2. The number of rotatable bonds is 14. The Labute approximate surface area is 255 Å². The van der Waals surface area contributed by atoms with Crippen LogP contribution in [0, 0.1) is 13.8 Å². The minimum Gasteiger partial charge on any atom is -0.352 e. The summed E-state index contributed by atoms with van der Waals surface area (Å²) in [5.74, 6) is -0.423. The van der Waals surface area contributed by atoms with Crippen molar-refractivity contribution in [2.24, 2.45) is 0 Å². The third-order valence-corrected chi connectivity index (χ3v) is 8.75. The van der Waals surface area contributed by atoms with Crippen molar-refractivity contribution in [1.29, 1.82) is 0 Å². The molecule has 2 atom stereocenters. The summed E-state index contributed by atoms with van der Waals surface area (Å²) in [7, 11) is -3.63. The van der Waals surface area contributed by atoms with Crippen molar-refractivity contribution in [3.8, 4) is 0 Å². The molecule has 3 aromatic carbocycles. The van der Waals surface area contributed by atoms with Crippen LogP contribution in [0.25, 0.3) is 0 Å². The van der Waals surface area contributed by atoms with E-state index in [-0.39, 0.29) is 43.8 Å². The highest BCUT2D eigenvalue weighted by molar-refractivity contribution is 7.92. The van der Waals surface area contributed by atoms with Gasteiger partial charge in [0.1, 0.15) is 6.04 Å². The lowest BCUT2D eigenvalue weighted by Gasteiger charge is -2.33. The number of benzene rings is 3. The number of nitrogens with one attached hydrogen (secondary N) is 1. The summed E-state index contributed by atoms with van der Waals surface area (Å²) in [4.78, 5) is 29.3. The van der Waals surface area contributed by atoms with Crippen LogP contribution in [-0.2, 0) is 32.6 Å². The molecule has 0 radical (unpaired) electrons.